The quantitative estimate of drug-likeness (QED) is 0.303. The number of hydrogen-bond donors (Lipinski definition) is 2. The second-order valence-corrected chi connectivity index (χ2v) is 8.60. The first-order valence-corrected chi connectivity index (χ1v) is 11.2. The zero-order valence-electron chi connectivity index (χ0n) is 18.0. The van der Waals surface area contributed by atoms with Gasteiger partial charge in [0, 0.05) is 43.9 Å². The van der Waals surface area contributed by atoms with Gasteiger partial charge in [0.1, 0.15) is 0 Å². The van der Waals surface area contributed by atoms with Crippen molar-refractivity contribution in [1.29, 1.82) is 0 Å². The van der Waals surface area contributed by atoms with Crippen molar-refractivity contribution in [3.8, 4) is 0 Å². The van der Waals surface area contributed by atoms with Gasteiger partial charge in [0.15, 0.2) is 5.96 Å². The molecule has 2 heterocycles. The molecule has 0 saturated carbocycles. The normalized spacial score (nSPS) is 14.0. The van der Waals surface area contributed by atoms with Crippen LogP contribution in [0.4, 0.5) is 0 Å². The number of thiazole rings is 1. The molecule has 0 bridgehead atoms. The lowest BCUT2D eigenvalue weighted by atomic mass is 10.1. The molecule has 8 heteroatoms. The minimum absolute atomic E-state index is 0. The van der Waals surface area contributed by atoms with Crippen molar-refractivity contribution in [1.82, 2.24) is 20.5 Å². The molecule has 0 spiro atoms. The van der Waals surface area contributed by atoms with Crippen LogP contribution in [0.1, 0.15) is 46.5 Å². The van der Waals surface area contributed by atoms with E-state index in [9.17, 15) is 4.79 Å². The number of aromatic nitrogens is 1. The van der Waals surface area contributed by atoms with E-state index in [0.717, 1.165) is 54.7 Å². The summed E-state index contributed by atoms with van der Waals surface area (Å²) < 4.78 is 0. The molecule has 30 heavy (non-hydrogen) atoms. The number of benzene rings is 1. The highest BCUT2D eigenvalue weighted by molar-refractivity contribution is 14.0. The Kier molecular flexibility index (Phi) is 10.0. The van der Waals surface area contributed by atoms with Crippen LogP contribution in [0, 0.1) is 13.8 Å². The van der Waals surface area contributed by atoms with E-state index >= 15 is 0 Å². The van der Waals surface area contributed by atoms with Gasteiger partial charge in [-0.25, -0.2) is 9.98 Å². The number of aliphatic imine (C=N–C) groups is 1. The topological polar surface area (TPSA) is 69.6 Å². The first kappa shape index (κ1) is 24.6. The van der Waals surface area contributed by atoms with Crippen LogP contribution in [-0.4, -0.2) is 41.4 Å². The summed E-state index contributed by atoms with van der Waals surface area (Å²) in [4.78, 5) is 24.6. The summed E-state index contributed by atoms with van der Waals surface area (Å²) in [6, 6.07) is 8.27. The van der Waals surface area contributed by atoms with E-state index < -0.39 is 0 Å². The Morgan fingerprint density at radius 3 is 2.63 bits per heavy atom. The predicted octanol–water partition coefficient (Wildman–Crippen LogP) is 3.80. The van der Waals surface area contributed by atoms with Crippen molar-refractivity contribution in [3.63, 3.8) is 0 Å². The van der Waals surface area contributed by atoms with Gasteiger partial charge in [-0.15, -0.1) is 35.3 Å². The molecule has 0 atom stereocenters. The summed E-state index contributed by atoms with van der Waals surface area (Å²) in [5, 5.41) is 7.88. The van der Waals surface area contributed by atoms with E-state index in [2.05, 4.69) is 48.5 Å². The first-order valence-electron chi connectivity index (χ1n) is 10.4. The van der Waals surface area contributed by atoms with Crippen molar-refractivity contribution in [2.24, 2.45) is 4.99 Å². The van der Waals surface area contributed by atoms with Crippen LogP contribution in [0.25, 0.3) is 0 Å². The average molecular weight is 542 g/mol. The number of amides is 1. The monoisotopic (exact) mass is 541 g/mol. The molecule has 0 unspecified atom stereocenters. The minimum atomic E-state index is 0. The summed E-state index contributed by atoms with van der Waals surface area (Å²) in [6.45, 7) is 9.96. The number of likely N-dealkylation sites (tertiary alicyclic amines) is 1. The third-order valence-electron chi connectivity index (χ3n) is 5.11. The van der Waals surface area contributed by atoms with Crippen LogP contribution in [0.15, 0.2) is 29.3 Å². The van der Waals surface area contributed by atoms with E-state index in [-0.39, 0.29) is 29.9 Å². The Morgan fingerprint density at radius 1 is 1.23 bits per heavy atom. The van der Waals surface area contributed by atoms with Crippen molar-refractivity contribution in [3.05, 3.63) is 51.0 Å². The number of rotatable bonds is 8. The molecule has 1 aliphatic heterocycles. The van der Waals surface area contributed by atoms with Crippen LogP contribution in [0.2, 0.25) is 0 Å². The highest BCUT2D eigenvalue weighted by atomic mass is 127. The molecular formula is C22H32IN5OS. The summed E-state index contributed by atoms with van der Waals surface area (Å²) >= 11 is 1.76. The lowest BCUT2D eigenvalue weighted by molar-refractivity contribution is -0.128. The summed E-state index contributed by atoms with van der Waals surface area (Å²) in [5.41, 5.74) is 3.46. The Hall–Kier alpha value is -1.68. The fourth-order valence-electron chi connectivity index (χ4n) is 3.38. The molecule has 164 valence electrons. The van der Waals surface area contributed by atoms with E-state index in [4.69, 9.17) is 4.99 Å². The van der Waals surface area contributed by atoms with Gasteiger partial charge in [-0.1, -0.05) is 24.3 Å². The highest BCUT2D eigenvalue weighted by Gasteiger charge is 2.20. The zero-order chi connectivity index (χ0) is 20.6. The highest BCUT2D eigenvalue weighted by Crippen LogP contribution is 2.18. The van der Waals surface area contributed by atoms with Gasteiger partial charge in [-0.05, 0) is 38.3 Å². The maximum Gasteiger partial charge on any atom is 0.222 e. The lowest BCUT2D eigenvalue weighted by Crippen LogP contribution is -2.38. The van der Waals surface area contributed by atoms with Crippen molar-refractivity contribution in [2.75, 3.05) is 19.6 Å². The molecule has 0 aliphatic carbocycles. The molecule has 1 saturated heterocycles. The maximum atomic E-state index is 12.0. The van der Waals surface area contributed by atoms with E-state index in [1.165, 1.54) is 10.4 Å². The molecule has 6 nitrogen and oxygen atoms in total. The Balaban J connectivity index is 0.00000320. The van der Waals surface area contributed by atoms with E-state index in [1.807, 2.05) is 17.0 Å². The Morgan fingerprint density at radius 2 is 2.00 bits per heavy atom. The van der Waals surface area contributed by atoms with Gasteiger partial charge in [0.05, 0.1) is 17.2 Å². The van der Waals surface area contributed by atoms with Crippen LogP contribution in [0.5, 0.6) is 0 Å². The number of hydrogen-bond acceptors (Lipinski definition) is 4. The first-order chi connectivity index (χ1) is 14.1. The van der Waals surface area contributed by atoms with Gasteiger partial charge in [-0.2, -0.15) is 0 Å². The standard InChI is InChI=1S/C22H31N5OS.HI/c1-4-23-22(24-12-11-20-26-16(2)17(3)29-20)25-14-18-8-5-6-9-19(18)15-27-13-7-10-21(27)28;/h5-6,8-9H,4,7,10-15H2,1-3H3,(H2,23,24,25);1H. The van der Waals surface area contributed by atoms with Crippen molar-refractivity contribution >= 4 is 47.2 Å². The Bertz CT molecular complexity index is 847. The molecule has 1 aromatic carbocycles. The largest absolute Gasteiger partial charge is 0.357 e. The predicted molar refractivity (Wildman–Crippen MR) is 135 cm³/mol. The number of carbonyl (C=O) groups is 1. The van der Waals surface area contributed by atoms with Crippen LogP contribution in [0.3, 0.4) is 0 Å². The molecule has 1 aromatic heterocycles. The molecule has 2 N–H and O–H groups in total. The van der Waals surface area contributed by atoms with Crippen LogP contribution in [-0.2, 0) is 24.3 Å². The van der Waals surface area contributed by atoms with Gasteiger partial charge < -0.3 is 15.5 Å². The maximum absolute atomic E-state index is 12.0. The molecular weight excluding hydrogens is 509 g/mol. The smallest absolute Gasteiger partial charge is 0.222 e. The van der Waals surface area contributed by atoms with Crippen LogP contribution >= 0.6 is 35.3 Å². The second kappa shape index (κ2) is 12.2. The third kappa shape index (κ3) is 6.94. The number of guanidine groups is 1. The SMILES string of the molecule is CCNC(=NCc1ccccc1CN1CCCC1=O)NCCc1nc(C)c(C)s1.I. The summed E-state index contributed by atoms with van der Waals surface area (Å²) in [5.74, 6) is 1.07. The fourth-order valence-corrected chi connectivity index (χ4v) is 4.32. The van der Waals surface area contributed by atoms with Crippen molar-refractivity contribution in [2.45, 2.75) is 53.1 Å². The molecule has 3 rings (SSSR count). The van der Waals surface area contributed by atoms with Gasteiger partial charge >= 0.3 is 0 Å². The molecule has 2 aromatic rings. The van der Waals surface area contributed by atoms with Gasteiger partial charge in [0.2, 0.25) is 5.91 Å². The number of carbonyl (C=O) groups excluding carboxylic acids is 1. The lowest BCUT2D eigenvalue weighted by Gasteiger charge is -2.18. The van der Waals surface area contributed by atoms with Gasteiger partial charge in [0.25, 0.3) is 0 Å². The van der Waals surface area contributed by atoms with Crippen molar-refractivity contribution < 1.29 is 4.79 Å². The zero-order valence-corrected chi connectivity index (χ0v) is 21.2. The number of nitrogens with zero attached hydrogens (tertiary/aromatic N) is 3. The molecule has 1 fully saturated rings. The number of nitrogens with one attached hydrogen (secondary N) is 2. The summed E-state index contributed by atoms with van der Waals surface area (Å²) in [7, 11) is 0. The van der Waals surface area contributed by atoms with Crippen LogP contribution < -0.4 is 10.6 Å². The second-order valence-electron chi connectivity index (χ2n) is 7.31. The average Bonchev–Trinajstić information content (AvgIpc) is 3.25. The van der Waals surface area contributed by atoms with E-state index in [1.54, 1.807) is 11.3 Å². The fraction of sp³-hybridized carbons (Fsp3) is 0.500. The number of halogens is 1. The summed E-state index contributed by atoms with van der Waals surface area (Å²) in [6.07, 6.45) is 2.52. The van der Waals surface area contributed by atoms with Gasteiger partial charge in [-0.3, -0.25) is 4.79 Å². The molecule has 1 amide bonds. The molecule has 1 aliphatic rings. The minimum Gasteiger partial charge on any atom is -0.357 e. The number of aryl methyl sites for hydroxylation is 2. The third-order valence-corrected chi connectivity index (χ3v) is 6.24. The Labute approximate surface area is 200 Å². The molecule has 0 radical (unpaired) electrons. The van der Waals surface area contributed by atoms with E-state index in [0.29, 0.717) is 19.5 Å².